The molecule has 3 rings (SSSR count). The molecule has 8 heteroatoms. The Balaban J connectivity index is 1.55. The van der Waals surface area contributed by atoms with E-state index in [2.05, 4.69) is 15.5 Å². The van der Waals surface area contributed by atoms with Crippen molar-refractivity contribution in [2.75, 3.05) is 5.32 Å². The summed E-state index contributed by atoms with van der Waals surface area (Å²) in [5.74, 6) is 1.04. The van der Waals surface area contributed by atoms with Crippen LogP contribution in [0.5, 0.6) is 0 Å². The molecule has 0 spiro atoms. The second-order valence-corrected chi connectivity index (χ2v) is 5.48. The number of nitrogens with zero attached hydrogens (tertiary/aromatic N) is 2. The maximum Gasteiger partial charge on any atom is 0.238 e. The molecule has 118 valence electrons. The van der Waals surface area contributed by atoms with Crippen molar-refractivity contribution in [3.63, 3.8) is 0 Å². The number of halogens is 2. The van der Waals surface area contributed by atoms with Gasteiger partial charge in [0.05, 0.1) is 16.3 Å². The molecule has 0 unspecified atom stereocenters. The Morgan fingerprint density at radius 1 is 1.22 bits per heavy atom. The highest BCUT2D eigenvalue weighted by atomic mass is 35.5. The molecule has 3 aromatic rings. The van der Waals surface area contributed by atoms with Crippen molar-refractivity contribution in [3.05, 3.63) is 52.5 Å². The van der Waals surface area contributed by atoms with E-state index in [-0.39, 0.29) is 12.3 Å². The fourth-order valence-electron chi connectivity index (χ4n) is 1.88. The van der Waals surface area contributed by atoms with Gasteiger partial charge in [-0.25, -0.2) is 0 Å². The van der Waals surface area contributed by atoms with E-state index in [9.17, 15) is 4.79 Å². The third-order valence-electron chi connectivity index (χ3n) is 2.98. The van der Waals surface area contributed by atoms with Crippen LogP contribution in [0.3, 0.4) is 0 Å². The molecule has 0 radical (unpaired) electrons. The van der Waals surface area contributed by atoms with Crippen LogP contribution in [0.1, 0.15) is 12.3 Å². The number of aromatic nitrogens is 2. The Bertz CT molecular complexity index is 815. The molecule has 0 aliphatic carbocycles. The number of carbonyl (C=O) groups is 1. The van der Waals surface area contributed by atoms with E-state index >= 15 is 0 Å². The summed E-state index contributed by atoms with van der Waals surface area (Å²) in [6, 6.07) is 8.34. The van der Waals surface area contributed by atoms with Crippen LogP contribution in [0, 0.1) is 0 Å². The molecule has 6 nitrogen and oxygen atoms in total. The Morgan fingerprint density at radius 3 is 2.83 bits per heavy atom. The van der Waals surface area contributed by atoms with E-state index in [0.29, 0.717) is 39.6 Å². The summed E-state index contributed by atoms with van der Waals surface area (Å²) in [5.41, 5.74) is 0.575. The third-order valence-corrected chi connectivity index (χ3v) is 3.72. The van der Waals surface area contributed by atoms with Crippen LogP contribution in [-0.2, 0) is 11.2 Å². The van der Waals surface area contributed by atoms with Gasteiger partial charge < -0.3 is 14.3 Å². The number of hydrogen-bond acceptors (Lipinski definition) is 5. The topological polar surface area (TPSA) is 81.2 Å². The molecule has 0 bridgehead atoms. The lowest BCUT2D eigenvalue weighted by Gasteiger charge is -2.05. The van der Waals surface area contributed by atoms with Crippen molar-refractivity contribution in [2.24, 2.45) is 0 Å². The zero-order chi connectivity index (χ0) is 16.2. The van der Waals surface area contributed by atoms with Gasteiger partial charge in [0.1, 0.15) is 0 Å². The number of furan rings is 1. The summed E-state index contributed by atoms with van der Waals surface area (Å²) in [4.78, 5) is 16.1. The lowest BCUT2D eigenvalue weighted by atomic mass is 10.2. The first-order valence-electron chi connectivity index (χ1n) is 6.73. The number of hydrogen-bond donors (Lipinski definition) is 1. The minimum Gasteiger partial charge on any atom is -0.461 e. The summed E-state index contributed by atoms with van der Waals surface area (Å²) in [6.45, 7) is 0. The number of nitrogens with one attached hydrogen (secondary N) is 1. The molecule has 2 heterocycles. The predicted molar refractivity (Wildman–Crippen MR) is 85.4 cm³/mol. The lowest BCUT2D eigenvalue weighted by Crippen LogP contribution is -2.12. The van der Waals surface area contributed by atoms with Gasteiger partial charge in [-0.05, 0) is 30.3 Å². The summed E-state index contributed by atoms with van der Waals surface area (Å²) in [7, 11) is 0. The number of carbonyl (C=O) groups excluding carboxylic acids is 1. The molecule has 2 aromatic heterocycles. The van der Waals surface area contributed by atoms with Gasteiger partial charge in [0.25, 0.3) is 0 Å². The Labute approximate surface area is 141 Å². The van der Waals surface area contributed by atoms with Crippen LogP contribution in [-0.4, -0.2) is 16.0 Å². The number of benzene rings is 1. The number of aryl methyl sites for hydroxylation is 1. The summed E-state index contributed by atoms with van der Waals surface area (Å²) in [6.07, 6.45) is 2.04. The second kappa shape index (κ2) is 6.85. The molecule has 1 aromatic carbocycles. The van der Waals surface area contributed by atoms with Crippen molar-refractivity contribution in [3.8, 4) is 11.6 Å². The van der Waals surface area contributed by atoms with Crippen molar-refractivity contribution >= 4 is 34.8 Å². The molecule has 0 saturated carbocycles. The van der Waals surface area contributed by atoms with Gasteiger partial charge in [-0.2, -0.15) is 4.98 Å². The van der Waals surface area contributed by atoms with Crippen molar-refractivity contribution in [2.45, 2.75) is 12.8 Å². The van der Waals surface area contributed by atoms with E-state index in [1.807, 2.05) is 0 Å². The number of amides is 1. The second-order valence-electron chi connectivity index (χ2n) is 4.67. The van der Waals surface area contributed by atoms with E-state index < -0.39 is 0 Å². The minimum atomic E-state index is -0.193. The van der Waals surface area contributed by atoms with E-state index in [1.54, 1.807) is 30.3 Å². The Morgan fingerprint density at radius 2 is 2.09 bits per heavy atom. The minimum absolute atomic E-state index is 0.193. The quantitative estimate of drug-likeness (QED) is 0.744. The largest absolute Gasteiger partial charge is 0.461 e. The average molecular weight is 352 g/mol. The number of rotatable bonds is 5. The highest BCUT2D eigenvalue weighted by Gasteiger charge is 2.12. The first-order chi connectivity index (χ1) is 11.1. The summed E-state index contributed by atoms with van der Waals surface area (Å²) in [5, 5.41) is 7.33. The van der Waals surface area contributed by atoms with Gasteiger partial charge >= 0.3 is 0 Å². The lowest BCUT2D eigenvalue weighted by molar-refractivity contribution is -0.116. The molecular weight excluding hydrogens is 341 g/mol. The SMILES string of the molecule is O=C(CCc1nc(-c2ccco2)no1)Nc1ccc(Cl)c(Cl)c1. The first kappa shape index (κ1) is 15.6. The Kier molecular flexibility index (Phi) is 4.64. The molecule has 0 fully saturated rings. The van der Waals surface area contributed by atoms with Crippen LogP contribution in [0.25, 0.3) is 11.6 Å². The van der Waals surface area contributed by atoms with Gasteiger partial charge in [0.2, 0.25) is 17.6 Å². The van der Waals surface area contributed by atoms with E-state index in [4.69, 9.17) is 32.1 Å². The molecule has 0 saturated heterocycles. The molecule has 0 atom stereocenters. The fraction of sp³-hybridized carbons (Fsp3) is 0.133. The smallest absolute Gasteiger partial charge is 0.238 e. The molecule has 1 amide bonds. The maximum absolute atomic E-state index is 11.9. The third kappa shape index (κ3) is 3.91. The molecule has 23 heavy (non-hydrogen) atoms. The fourth-order valence-corrected chi connectivity index (χ4v) is 2.18. The highest BCUT2D eigenvalue weighted by molar-refractivity contribution is 6.42. The Hall–Kier alpha value is -2.31. The standard InChI is InChI=1S/C15H11Cl2N3O3/c16-10-4-3-9(8-11(10)17)18-13(21)5-6-14-19-15(20-23-14)12-2-1-7-22-12/h1-4,7-8H,5-6H2,(H,18,21). The molecular formula is C15H11Cl2N3O3. The molecule has 0 aliphatic heterocycles. The molecule has 1 N–H and O–H groups in total. The van der Waals surface area contributed by atoms with Crippen molar-refractivity contribution in [1.29, 1.82) is 0 Å². The zero-order valence-corrected chi connectivity index (χ0v) is 13.3. The van der Waals surface area contributed by atoms with Gasteiger partial charge in [-0.15, -0.1) is 0 Å². The summed E-state index contributed by atoms with van der Waals surface area (Å²) < 4.78 is 10.3. The van der Waals surface area contributed by atoms with Gasteiger partial charge in [-0.3, -0.25) is 4.79 Å². The van der Waals surface area contributed by atoms with E-state index in [0.717, 1.165) is 0 Å². The normalized spacial score (nSPS) is 10.7. The summed E-state index contributed by atoms with van der Waals surface area (Å²) >= 11 is 11.7. The monoisotopic (exact) mass is 351 g/mol. The van der Waals surface area contributed by atoms with Gasteiger partial charge in [0.15, 0.2) is 5.76 Å². The predicted octanol–water partition coefficient (Wildman–Crippen LogP) is 4.21. The van der Waals surface area contributed by atoms with Crippen LogP contribution in [0.4, 0.5) is 5.69 Å². The maximum atomic E-state index is 11.9. The van der Waals surface area contributed by atoms with Crippen LogP contribution >= 0.6 is 23.2 Å². The van der Waals surface area contributed by atoms with Crippen molar-refractivity contribution < 1.29 is 13.7 Å². The molecule has 0 aliphatic rings. The zero-order valence-electron chi connectivity index (χ0n) is 11.8. The highest BCUT2D eigenvalue weighted by Crippen LogP contribution is 2.25. The van der Waals surface area contributed by atoms with Gasteiger partial charge in [-0.1, -0.05) is 28.4 Å². The van der Waals surface area contributed by atoms with E-state index in [1.165, 1.54) is 6.26 Å². The van der Waals surface area contributed by atoms with Crippen LogP contribution in [0.15, 0.2) is 45.5 Å². The average Bonchev–Trinajstić information content (AvgIpc) is 3.19. The van der Waals surface area contributed by atoms with Crippen LogP contribution < -0.4 is 5.32 Å². The van der Waals surface area contributed by atoms with Gasteiger partial charge in [0, 0.05) is 18.5 Å². The van der Waals surface area contributed by atoms with Crippen LogP contribution in [0.2, 0.25) is 10.0 Å². The van der Waals surface area contributed by atoms with Crippen molar-refractivity contribution in [1.82, 2.24) is 10.1 Å². The first-order valence-corrected chi connectivity index (χ1v) is 7.49. The number of anilines is 1.